The molecular formula is C32H44F2O2. The van der Waals surface area contributed by atoms with Gasteiger partial charge in [0, 0.05) is 13.2 Å². The van der Waals surface area contributed by atoms with Crippen LogP contribution in [-0.2, 0) is 9.47 Å². The van der Waals surface area contributed by atoms with Gasteiger partial charge in [-0.15, -0.1) is 0 Å². The Bertz CT molecular complexity index is 806. The van der Waals surface area contributed by atoms with Crippen molar-refractivity contribution in [3.63, 3.8) is 0 Å². The molecule has 0 amide bonds. The maximum atomic E-state index is 13.2. The molecule has 0 aliphatic heterocycles. The zero-order valence-electron chi connectivity index (χ0n) is 22.1. The maximum absolute atomic E-state index is 13.2. The summed E-state index contributed by atoms with van der Waals surface area (Å²) in [5.41, 5.74) is 2.57. The van der Waals surface area contributed by atoms with Crippen molar-refractivity contribution in [1.29, 1.82) is 0 Å². The van der Waals surface area contributed by atoms with Crippen LogP contribution in [0.25, 0.3) is 0 Å². The van der Waals surface area contributed by atoms with Crippen LogP contribution in [0.3, 0.4) is 0 Å². The van der Waals surface area contributed by atoms with Crippen LogP contribution in [0, 0.1) is 23.5 Å². The van der Waals surface area contributed by atoms with Crippen LogP contribution in [0.2, 0.25) is 0 Å². The van der Waals surface area contributed by atoms with E-state index < -0.39 is 0 Å². The van der Waals surface area contributed by atoms with Crippen LogP contribution >= 0.6 is 0 Å². The van der Waals surface area contributed by atoms with E-state index in [-0.39, 0.29) is 23.8 Å². The van der Waals surface area contributed by atoms with Crippen LogP contribution in [0.5, 0.6) is 0 Å². The lowest BCUT2D eigenvalue weighted by atomic mass is 9.78. The van der Waals surface area contributed by atoms with Crippen molar-refractivity contribution in [3.8, 4) is 0 Å². The Labute approximate surface area is 216 Å². The summed E-state index contributed by atoms with van der Waals surface area (Å²) in [5.74, 6) is 2.32. The summed E-state index contributed by atoms with van der Waals surface area (Å²) >= 11 is 0. The molecule has 4 rings (SSSR count). The van der Waals surface area contributed by atoms with Crippen LogP contribution in [-0.4, -0.2) is 25.4 Å². The lowest BCUT2D eigenvalue weighted by molar-refractivity contribution is -0.0628. The van der Waals surface area contributed by atoms with Crippen molar-refractivity contribution in [3.05, 3.63) is 71.3 Å². The molecule has 4 heteroatoms. The van der Waals surface area contributed by atoms with Gasteiger partial charge in [-0.05, 0) is 137 Å². The van der Waals surface area contributed by atoms with Gasteiger partial charge in [0.15, 0.2) is 0 Å². The second-order valence-corrected chi connectivity index (χ2v) is 11.3. The largest absolute Gasteiger partial charge is 0.376 e. The molecule has 0 saturated heterocycles. The molecule has 36 heavy (non-hydrogen) atoms. The molecule has 2 aromatic rings. The van der Waals surface area contributed by atoms with Crippen LogP contribution in [0.4, 0.5) is 8.78 Å². The Kier molecular flexibility index (Phi) is 10.4. The summed E-state index contributed by atoms with van der Waals surface area (Å²) in [6.07, 6.45) is 12.1. The molecule has 2 fully saturated rings. The zero-order valence-corrected chi connectivity index (χ0v) is 22.1. The molecule has 198 valence electrons. The number of benzene rings is 2. The van der Waals surface area contributed by atoms with E-state index in [2.05, 4.69) is 13.8 Å². The number of hydrogen-bond acceptors (Lipinski definition) is 2. The van der Waals surface area contributed by atoms with E-state index in [4.69, 9.17) is 9.47 Å². The topological polar surface area (TPSA) is 18.5 Å². The highest BCUT2D eigenvalue weighted by Crippen LogP contribution is 2.38. The highest BCUT2D eigenvalue weighted by atomic mass is 19.1. The Hall–Kier alpha value is -1.78. The number of hydrogen-bond donors (Lipinski definition) is 0. The molecule has 0 bridgehead atoms. The van der Waals surface area contributed by atoms with Gasteiger partial charge in [0.1, 0.15) is 11.6 Å². The zero-order chi connectivity index (χ0) is 25.3. The summed E-state index contributed by atoms with van der Waals surface area (Å²) in [4.78, 5) is 0. The SMILES string of the molecule is CC(OCCC1CCC(c2ccc(F)cc2)CC1)C(C)OCCC1CCC(c2ccc(F)cc2)CC1. The maximum Gasteiger partial charge on any atom is 0.123 e. The average molecular weight is 499 g/mol. The molecule has 0 N–H and O–H groups in total. The Balaban J connectivity index is 1.05. The lowest BCUT2D eigenvalue weighted by Crippen LogP contribution is -2.28. The molecule has 2 nitrogen and oxygen atoms in total. The molecule has 2 aliphatic rings. The van der Waals surface area contributed by atoms with E-state index in [1.165, 1.54) is 62.5 Å². The third-order valence-electron chi connectivity index (χ3n) is 8.85. The van der Waals surface area contributed by atoms with Crippen LogP contribution < -0.4 is 0 Å². The van der Waals surface area contributed by atoms with E-state index in [9.17, 15) is 8.78 Å². The van der Waals surface area contributed by atoms with E-state index in [1.54, 1.807) is 24.3 Å². The first-order valence-corrected chi connectivity index (χ1v) is 14.2. The van der Waals surface area contributed by atoms with E-state index in [0.717, 1.165) is 37.9 Å². The summed E-state index contributed by atoms with van der Waals surface area (Å²) in [6.45, 7) is 5.86. The molecular weight excluding hydrogens is 454 g/mol. The van der Waals surface area contributed by atoms with Gasteiger partial charge in [0.25, 0.3) is 0 Å². The van der Waals surface area contributed by atoms with E-state index >= 15 is 0 Å². The second-order valence-electron chi connectivity index (χ2n) is 11.3. The third-order valence-corrected chi connectivity index (χ3v) is 8.85. The lowest BCUT2D eigenvalue weighted by Gasteiger charge is -2.30. The van der Waals surface area contributed by atoms with Crippen molar-refractivity contribution >= 4 is 0 Å². The minimum atomic E-state index is -0.150. The summed E-state index contributed by atoms with van der Waals surface area (Å²) in [7, 11) is 0. The molecule has 2 aliphatic carbocycles. The first kappa shape index (κ1) is 27.3. The molecule has 2 saturated carbocycles. The minimum Gasteiger partial charge on any atom is -0.376 e. The normalized spacial score (nSPS) is 26.4. The third kappa shape index (κ3) is 8.11. The smallest absolute Gasteiger partial charge is 0.123 e. The summed E-state index contributed by atoms with van der Waals surface area (Å²) in [6, 6.07) is 14.1. The fraction of sp³-hybridized carbons (Fsp3) is 0.625. The molecule has 0 heterocycles. The van der Waals surface area contributed by atoms with Crippen molar-refractivity contribution in [2.75, 3.05) is 13.2 Å². The quantitative estimate of drug-likeness (QED) is 0.308. The molecule has 2 aromatic carbocycles. The van der Waals surface area contributed by atoms with Gasteiger partial charge in [-0.1, -0.05) is 24.3 Å². The number of halogens is 2. The Morgan fingerprint density at radius 1 is 0.583 bits per heavy atom. The highest BCUT2D eigenvalue weighted by Gasteiger charge is 2.24. The standard InChI is InChI=1S/C32H44F2O2/c1-23(35-21-19-25-3-7-27(8-4-25)29-11-15-31(33)16-12-29)24(2)36-22-20-26-5-9-28(10-6-26)30-13-17-32(34)18-14-30/h11-18,23-28H,3-10,19-22H2,1-2H3. The number of rotatable bonds is 11. The van der Waals surface area contributed by atoms with Gasteiger partial charge in [0.2, 0.25) is 0 Å². The van der Waals surface area contributed by atoms with Crippen molar-refractivity contribution in [1.82, 2.24) is 0 Å². The predicted molar refractivity (Wildman–Crippen MR) is 142 cm³/mol. The first-order chi connectivity index (χ1) is 17.5. The van der Waals surface area contributed by atoms with E-state index in [1.807, 2.05) is 24.3 Å². The van der Waals surface area contributed by atoms with Crippen LogP contribution in [0.1, 0.15) is 101 Å². The van der Waals surface area contributed by atoms with Crippen molar-refractivity contribution < 1.29 is 18.3 Å². The second kappa shape index (κ2) is 13.7. The summed E-state index contributed by atoms with van der Waals surface area (Å²) in [5, 5.41) is 0. The Morgan fingerprint density at radius 3 is 1.25 bits per heavy atom. The van der Waals surface area contributed by atoms with Gasteiger partial charge in [-0.2, -0.15) is 0 Å². The fourth-order valence-electron chi connectivity index (χ4n) is 6.15. The van der Waals surface area contributed by atoms with Gasteiger partial charge in [0.05, 0.1) is 12.2 Å². The number of ether oxygens (including phenoxy) is 2. The summed E-state index contributed by atoms with van der Waals surface area (Å²) < 4.78 is 38.7. The minimum absolute atomic E-state index is 0.106. The molecule has 2 unspecified atom stereocenters. The first-order valence-electron chi connectivity index (χ1n) is 14.2. The van der Waals surface area contributed by atoms with Gasteiger partial charge in [-0.3, -0.25) is 0 Å². The predicted octanol–water partition coefficient (Wildman–Crippen LogP) is 8.80. The van der Waals surface area contributed by atoms with Crippen LogP contribution in [0.15, 0.2) is 48.5 Å². The van der Waals surface area contributed by atoms with Crippen molar-refractivity contribution in [2.45, 2.75) is 102 Å². The van der Waals surface area contributed by atoms with Gasteiger partial charge in [-0.25, -0.2) is 8.78 Å². The molecule has 0 aromatic heterocycles. The van der Waals surface area contributed by atoms with E-state index in [0.29, 0.717) is 11.8 Å². The average Bonchev–Trinajstić information content (AvgIpc) is 2.90. The molecule has 0 spiro atoms. The molecule has 0 radical (unpaired) electrons. The highest BCUT2D eigenvalue weighted by molar-refractivity contribution is 5.21. The van der Waals surface area contributed by atoms with Gasteiger partial charge < -0.3 is 9.47 Å². The van der Waals surface area contributed by atoms with Gasteiger partial charge >= 0.3 is 0 Å². The Morgan fingerprint density at radius 2 is 0.917 bits per heavy atom. The fourth-order valence-corrected chi connectivity index (χ4v) is 6.15. The monoisotopic (exact) mass is 498 g/mol. The molecule has 2 atom stereocenters. The van der Waals surface area contributed by atoms with Crippen molar-refractivity contribution in [2.24, 2.45) is 11.8 Å².